The van der Waals surface area contributed by atoms with Gasteiger partial charge in [0.15, 0.2) is 0 Å². The molecule has 0 spiro atoms. The van der Waals surface area contributed by atoms with Gasteiger partial charge in [0.1, 0.15) is 5.69 Å². The Bertz CT molecular complexity index is 451. The lowest BCUT2D eigenvalue weighted by molar-refractivity contribution is -0.386. The van der Waals surface area contributed by atoms with Crippen molar-refractivity contribution in [1.82, 2.24) is 9.78 Å². The Balaban J connectivity index is 3.40. The molecular formula is C10H15N3O4. The third-order valence-corrected chi connectivity index (χ3v) is 2.28. The highest BCUT2D eigenvalue weighted by molar-refractivity contribution is 5.91. The molecule has 0 aliphatic heterocycles. The summed E-state index contributed by atoms with van der Waals surface area (Å²) in [5.41, 5.74) is -0.481. The van der Waals surface area contributed by atoms with Gasteiger partial charge >= 0.3 is 11.7 Å². The van der Waals surface area contributed by atoms with E-state index in [-0.39, 0.29) is 23.0 Å². The largest absolute Gasteiger partial charge is 0.476 e. The molecule has 0 aromatic carbocycles. The van der Waals surface area contributed by atoms with E-state index in [0.29, 0.717) is 13.0 Å². The number of nitrogens with zero attached hydrogens (tertiary/aromatic N) is 3. The van der Waals surface area contributed by atoms with Gasteiger partial charge in [-0.1, -0.05) is 13.8 Å². The molecule has 0 fully saturated rings. The number of aromatic nitrogens is 2. The molecule has 0 amide bonds. The van der Waals surface area contributed by atoms with Crippen molar-refractivity contribution in [3.63, 3.8) is 0 Å². The fraction of sp³-hybridized carbons (Fsp3) is 0.600. The first-order chi connectivity index (χ1) is 7.88. The van der Waals surface area contributed by atoms with Crippen molar-refractivity contribution in [2.24, 2.45) is 5.92 Å². The van der Waals surface area contributed by atoms with Crippen LogP contribution < -0.4 is 0 Å². The van der Waals surface area contributed by atoms with Crippen LogP contribution >= 0.6 is 0 Å². The van der Waals surface area contributed by atoms with E-state index in [4.69, 9.17) is 5.11 Å². The zero-order valence-electron chi connectivity index (χ0n) is 10.0. The van der Waals surface area contributed by atoms with E-state index in [2.05, 4.69) is 5.10 Å². The molecule has 0 unspecified atom stereocenters. The van der Waals surface area contributed by atoms with E-state index in [1.807, 2.05) is 13.8 Å². The fourth-order valence-electron chi connectivity index (χ4n) is 1.66. The number of nitro groups is 1. The average Bonchev–Trinajstić information content (AvgIpc) is 2.55. The summed E-state index contributed by atoms with van der Waals surface area (Å²) >= 11 is 0. The normalized spacial score (nSPS) is 10.8. The minimum Gasteiger partial charge on any atom is -0.476 e. The van der Waals surface area contributed by atoms with Crippen LogP contribution in [-0.4, -0.2) is 25.8 Å². The number of aryl methyl sites for hydroxylation is 1. The molecule has 1 aromatic rings. The molecule has 7 nitrogen and oxygen atoms in total. The molecule has 0 aliphatic carbocycles. The first-order valence-corrected chi connectivity index (χ1v) is 5.35. The van der Waals surface area contributed by atoms with Crippen molar-refractivity contribution in [2.45, 2.75) is 33.7 Å². The maximum Gasteiger partial charge on any atom is 0.361 e. The summed E-state index contributed by atoms with van der Waals surface area (Å²) in [5, 5.41) is 24.0. The van der Waals surface area contributed by atoms with Crippen molar-refractivity contribution in [1.29, 1.82) is 0 Å². The minimum atomic E-state index is -1.32. The zero-order chi connectivity index (χ0) is 13.2. The van der Waals surface area contributed by atoms with Gasteiger partial charge in [-0.2, -0.15) is 5.10 Å². The van der Waals surface area contributed by atoms with Crippen LogP contribution in [0.1, 0.15) is 37.0 Å². The Morgan fingerprint density at radius 2 is 2.18 bits per heavy atom. The Labute approximate surface area is 98.2 Å². The maximum atomic E-state index is 11.0. The third kappa shape index (κ3) is 2.61. The molecule has 94 valence electrons. The van der Waals surface area contributed by atoms with Gasteiger partial charge in [-0.25, -0.2) is 4.79 Å². The van der Waals surface area contributed by atoms with Gasteiger partial charge in [-0.15, -0.1) is 0 Å². The molecule has 1 heterocycles. The van der Waals surface area contributed by atoms with Crippen molar-refractivity contribution >= 4 is 11.7 Å². The minimum absolute atomic E-state index is 0.176. The number of carboxylic acid groups (broad SMARTS) is 1. The molecule has 17 heavy (non-hydrogen) atoms. The Kier molecular flexibility index (Phi) is 3.82. The number of hydrogen-bond acceptors (Lipinski definition) is 4. The molecule has 0 bridgehead atoms. The van der Waals surface area contributed by atoms with Crippen molar-refractivity contribution in [2.75, 3.05) is 0 Å². The molecule has 0 radical (unpaired) electrons. The van der Waals surface area contributed by atoms with Gasteiger partial charge in [0.2, 0.25) is 5.69 Å². The second-order valence-corrected chi connectivity index (χ2v) is 4.12. The Hall–Kier alpha value is -1.92. The van der Waals surface area contributed by atoms with Crippen LogP contribution in [0.25, 0.3) is 0 Å². The van der Waals surface area contributed by atoms with Crippen LogP contribution in [0.4, 0.5) is 5.69 Å². The Morgan fingerprint density at radius 3 is 2.53 bits per heavy atom. The second-order valence-electron chi connectivity index (χ2n) is 4.12. The van der Waals surface area contributed by atoms with Crippen LogP contribution in [0.5, 0.6) is 0 Å². The van der Waals surface area contributed by atoms with E-state index < -0.39 is 10.9 Å². The van der Waals surface area contributed by atoms with Crippen LogP contribution in [0.15, 0.2) is 0 Å². The quantitative estimate of drug-likeness (QED) is 0.625. The monoisotopic (exact) mass is 241 g/mol. The van der Waals surface area contributed by atoms with Crippen molar-refractivity contribution < 1.29 is 14.8 Å². The number of rotatable bonds is 5. The standard InChI is InChI=1S/C10H15N3O4/c1-4-12-9(10(14)15)8(13(16)17)7(11-12)5-6(2)3/h6H,4-5H2,1-3H3,(H,14,15). The number of aromatic carboxylic acids is 1. The average molecular weight is 241 g/mol. The van der Waals surface area contributed by atoms with E-state index in [1.54, 1.807) is 6.92 Å². The van der Waals surface area contributed by atoms with Crippen molar-refractivity contribution in [3.05, 3.63) is 21.5 Å². The van der Waals surface area contributed by atoms with Gasteiger partial charge in [-0.3, -0.25) is 14.8 Å². The molecular weight excluding hydrogens is 226 g/mol. The van der Waals surface area contributed by atoms with Gasteiger partial charge in [0.25, 0.3) is 0 Å². The van der Waals surface area contributed by atoms with E-state index >= 15 is 0 Å². The summed E-state index contributed by atoms with van der Waals surface area (Å²) in [4.78, 5) is 21.3. The lowest BCUT2D eigenvalue weighted by atomic mass is 10.1. The van der Waals surface area contributed by atoms with Crippen LogP contribution in [0.3, 0.4) is 0 Å². The van der Waals surface area contributed by atoms with E-state index in [1.165, 1.54) is 0 Å². The highest BCUT2D eigenvalue weighted by atomic mass is 16.6. The lowest BCUT2D eigenvalue weighted by Crippen LogP contribution is -2.10. The maximum absolute atomic E-state index is 11.0. The van der Waals surface area contributed by atoms with Crippen LogP contribution in [0.2, 0.25) is 0 Å². The van der Waals surface area contributed by atoms with Gasteiger partial charge in [0.05, 0.1) is 4.92 Å². The Morgan fingerprint density at radius 1 is 1.59 bits per heavy atom. The molecule has 0 aliphatic rings. The molecule has 0 atom stereocenters. The topological polar surface area (TPSA) is 98.3 Å². The van der Waals surface area contributed by atoms with E-state index in [9.17, 15) is 14.9 Å². The summed E-state index contributed by atoms with van der Waals surface area (Å²) in [5.74, 6) is -1.14. The predicted octanol–water partition coefficient (Wildman–Crippen LogP) is 1.71. The highest BCUT2D eigenvalue weighted by Gasteiger charge is 2.31. The zero-order valence-corrected chi connectivity index (χ0v) is 10.0. The fourth-order valence-corrected chi connectivity index (χ4v) is 1.66. The summed E-state index contributed by atoms with van der Waals surface area (Å²) in [6, 6.07) is 0. The van der Waals surface area contributed by atoms with Gasteiger partial charge in [0, 0.05) is 13.0 Å². The molecule has 1 rings (SSSR count). The molecule has 1 aromatic heterocycles. The van der Waals surface area contributed by atoms with Crippen molar-refractivity contribution in [3.8, 4) is 0 Å². The lowest BCUT2D eigenvalue weighted by Gasteiger charge is -1.99. The van der Waals surface area contributed by atoms with E-state index in [0.717, 1.165) is 4.68 Å². The first-order valence-electron chi connectivity index (χ1n) is 5.35. The van der Waals surface area contributed by atoms with Gasteiger partial charge in [-0.05, 0) is 12.8 Å². The molecule has 1 N–H and O–H groups in total. The van der Waals surface area contributed by atoms with Crippen LogP contribution in [-0.2, 0) is 13.0 Å². The summed E-state index contributed by atoms with van der Waals surface area (Å²) in [7, 11) is 0. The predicted molar refractivity (Wildman–Crippen MR) is 60.1 cm³/mol. The molecule has 7 heteroatoms. The second kappa shape index (κ2) is 4.94. The summed E-state index contributed by atoms with van der Waals surface area (Å²) < 4.78 is 1.16. The molecule has 0 saturated heterocycles. The first kappa shape index (κ1) is 13.1. The summed E-state index contributed by atoms with van der Waals surface area (Å²) in [6.45, 7) is 5.78. The smallest absolute Gasteiger partial charge is 0.361 e. The number of carbonyl (C=O) groups is 1. The molecule has 0 saturated carbocycles. The highest BCUT2D eigenvalue weighted by Crippen LogP contribution is 2.25. The van der Waals surface area contributed by atoms with Gasteiger partial charge < -0.3 is 5.11 Å². The third-order valence-electron chi connectivity index (χ3n) is 2.28. The van der Waals surface area contributed by atoms with Crippen LogP contribution in [0, 0.1) is 16.0 Å². The SMILES string of the molecule is CCn1nc(CC(C)C)c([N+](=O)[O-])c1C(=O)O. The number of hydrogen-bond donors (Lipinski definition) is 1. The summed E-state index contributed by atoms with van der Waals surface area (Å²) in [6.07, 6.45) is 0.392. The number of carboxylic acids is 1.